The number of aromatic nitrogens is 3. The SMILES string of the molecule is CC(C)C1CCCCC1NC(=O)c1cn[nH]n1. The first kappa shape index (κ1) is 12.1. The fourth-order valence-corrected chi connectivity index (χ4v) is 2.69. The molecule has 2 atom stereocenters. The smallest absolute Gasteiger partial charge is 0.273 e. The van der Waals surface area contributed by atoms with Gasteiger partial charge in [0.25, 0.3) is 5.91 Å². The van der Waals surface area contributed by atoms with Crippen molar-refractivity contribution in [1.29, 1.82) is 0 Å². The summed E-state index contributed by atoms with van der Waals surface area (Å²) in [7, 11) is 0. The van der Waals surface area contributed by atoms with E-state index < -0.39 is 0 Å². The largest absolute Gasteiger partial charge is 0.348 e. The molecule has 17 heavy (non-hydrogen) atoms. The Hall–Kier alpha value is -1.39. The maximum absolute atomic E-state index is 11.9. The molecule has 94 valence electrons. The maximum atomic E-state index is 11.9. The van der Waals surface area contributed by atoms with Crippen LogP contribution < -0.4 is 5.32 Å². The van der Waals surface area contributed by atoms with Gasteiger partial charge in [-0.1, -0.05) is 26.7 Å². The normalized spacial score (nSPS) is 24.9. The summed E-state index contributed by atoms with van der Waals surface area (Å²) in [5.41, 5.74) is 0.373. The van der Waals surface area contributed by atoms with Crippen molar-refractivity contribution in [2.45, 2.75) is 45.6 Å². The zero-order valence-corrected chi connectivity index (χ0v) is 10.4. The average molecular weight is 236 g/mol. The minimum atomic E-state index is -0.115. The van der Waals surface area contributed by atoms with Crippen molar-refractivity contribution in [3.05, 3.63) is 11.9 Å². The molecule has 1 aromatic rings. The van der Waals surface area contributed by atoms with Gasteiger partial charge in [0.05, 0.1) is 6.20 Å². The number of rotatable bonds is 3. The Morgan fingerprint density at radius 2 is 2.24 bits per heavy atom. The lowest BCUT2D eigenvalue weighted by Crippen LogP contribution is -2.44. The first-order valence-corrected chi connectivity index (χ1v) is 6.35. The van der Waals surface area contributed by atoms with Gasteiger partial charge in [0, 0.05) is 6.04 Å². The number of aromatic amines is 1. The fraction of sp³-hybridized carbons (Fsp3) is 0.750. The highest BCUT2D eigenvalue weighted by atomic mass is 16.2. The van der Waals surface area contributed by atoms with Crippen LogP contribution in [0.25, 0.3) is 0 Å². The highest BCUT2D eigenvalue weighted by Gasteiger charge is 2.29. The Balaban J connectivity index is 1.98. The van der Waals surface area contributed by atoms with Gasteiger partial charge in [0.1, 0.15) is 0 Å². The average Bonchev–Trinajstić information content (AvgIpc) is 2.83. The van der Waals surface area contributed by atoms with Crippen LogP contribution in [0.4, 0.5) is 0 Å². The molecule has 2 rings (SSSR count). The van der Waals surface area contributed by atoms with Gasteiger partial charge in [-0.05, 0) is 24.7 Å². The van der Waals surface area contributed by atoms with Gasteiger partial charge >= 0.3 is 0 Å². The summed E-state index contributed by atoms with van der Waals surface area (Å²) in [6.07, 6.45) is 6.22. The molecule has 2 unspecified atom stereocenters. The number of amides is 1. The Labute approximate surface area is 101 Å². The van der Waals surface area contributed by atoms with E-state index in [1.807, 2.05) is 0 Å². The second kappa shape index (κ2) is 5.29. The lowest BCUT2D eigenvalue weighted by molar-refractivity contribution is 0.0884. The van der Waals surface area contributed by atoms with Crippen LogP contribution in [0, 0.1) is 11.8 Å². The second-order valence-electron chi connectivity index (χ2n) is 5.13. The van der Waals surface area contributed by atoms with Gasteiger partial charge in [0.2, 0.25) is 0 Å². The van der Waals surface area contributed by atoms with Crippen molar-refractivity contribution in [2.75, 3.05) is 0 Å². The van der Waals surface area contributed by atoms with E-state index in [1.54, 1.807) is 0 Å². The second-order valence-corrected chi connectivity index (χ2v) is 5.13. The summed E-state index contributed by atoms with van der Waals surface area (Å²) in [5.74, 6) is 1.08. The molecule has 5 nitrogen and oxygen atoms in total. The van der Waals surface area contributed by atoms with Gasteiger partial charge in [-0.25, -0.2) is 0 Å². The molecule has 1 amide bonds. The molecule has 1 aliphatic rings. The fourth-order valence-electron chi connectivity index (χ4n) is 2.69. The van der Waals surface area contributed by atoms with Crippen LogP contribution in [-0.4, -0.2) is 27.4 Å². The summed E-state index contributed by atoms with van der Waals surface area (Å²) in [5, 5.41) is 13.0. The minimum absolute atomic E-state index is 0.115. The maximum Gasteiger partial charge on any atom is 0.273 e. The number of nitrogens with one attached hydrogen (secondary N) is 2. The van der Waals surface area contributed by atoms with E-state index in [4.69, 9.17) is 0 Å². The van der Waals surface area contributed by atoms with Crippen molar-refractivity contribution < 1.29 is 4.79 Å². The molecular formula is C12H20N4O. The Kier molecular flexibility index (Phi) is 3.76. The molecule has 1 aliphatic carbocycles. The molecular weight excluding hydrogens is 216 g/mol. The third kappa shape index (κ3) is 2.84. The zero-order chi connectivity index (χ0) is 12.3. The van der Waals surface area contributed by atoms with E-state index in [-0.39, 0.29) is 11.9 Å². The van der Waals surface area contributed by atoms with Gasteiger partial charge in [0.15, 0.2) is 5.69 Å². The Bertz CT molecular complexity index is 361. The molecule has 0 saturated heterocycles. The molecule has 1 saturated carbocycles. The van der Waals surface area contributed by atoms with Gasteiger partial charge < -0.3 is 5.32 Å². The lowest BCUT2D eigenvalue weighted by Gasteiger charge is -2.34. The van der Waals surface area contributed by atoms with Crippen LogP contribution in [0.1, 0.15) is 50.0 Å². The third-order valence-corrected chi connectivity index (χ3v) is 3.64. The predicted molar refractivity (Wildman–Crippen MR) is 64.4 cm³/mol. The van der Waals surface area contributed by atoms with E-state index in [9.17, 15) is 4.79 Å². The van der Waals surface area contributed by atoms with E-state index in [2.05, 4.69) is 34.6 Å². The molecule has 0 aromatic carbocycles. The highest BCUT2D eigenvalue weighted by molar-refractivity contribution is 5.92. The van der Waals surface area contributed by atoms with Crippen LogP contribution in [0.3, 0.4) is 0 Å². The monoisotopic (exact) mass is 236 g/mol. The minimum Gasteiger partial charge on any atom is -0.348 e. The van der Waals surface area contributed by atoms with Crippen molar-refractivity contribution in [3.63, 3.8) is 0 Å². The van der Waals surface area contributed by atoms with Crippen LogP contribution in [-0.2, 0) is 0 Å². The standard InChI is InChI=1S/C12H20N4O/c1-8(2)9-5-3-4-6-10(9)14-12(17)11-7-13-16-15-11/h7-10H,3-6H2,1-2H3,(H,14,17)(H,13,15,16). The van der Waals surface area contributed by atoms with Crippen LogP contribution in [0.15, 0.2) is 6.20 Å². The van der Waals surface area contributed by atoms with Crippen molar-refractivity contribution in [2.24, 2.45) is 11.8 Å². The van der Waals surface area contributed by atoms with Gasteiger partial charge in [-0.3, -0.25) is 4.79 Å². The molecule has 2 N–H and O–H groups in total. The summed E-state index contributed by atoms with van der Waals surface area (Å²) in [6.45, 7) is 4.45. The molecule has 1 fully saturated rings. The number of hydrogen-bond acceptors (Lipinski definition) is 3. The molecule has 0 aliphatic heterocycles. The molecule has 1 heterocycles. The number of H-pyrrole nitrogens is 1. The summed E-state index contributed by atoms with van der Waals surface area (Å²) >= 11 is 0. The molecule has 1 aromatic heterocycles. The molecule has 0 radical (unpaired) electrons. The van der Waals surface area contributed by atoms with E-state index in [0.29, 0.717) is 17.5 Å². The summed E-state index contributed by atoms with van der Waals surface area (Å²) < 4.78 is 0. The molecule has 5 heteroatoms. The van der Waals surface area contributed by atoms with E-state index in [0.717, 1.165) is 6.42 Å². The van der Waals surface area contributed by atoms with Gasteiger partial charge in [-0.2, -0.15) is 15.4 Å². The van der Waals surface area contributed by atoms with Crippen LogP contribution in [0.2, 0.25) is 0 Å². The number of nitrogens with zero attached hydrogens (tertiary/aromatic N) is 2. The Morgan fingerprint density at radius 1 is 1.47 bits per heavy atom. The number of hydrogen-bond donors (Lipinski definition) is 2. The van der Waals surface area contributed by atoms with E-state index >= 15 is 0 Å². The Morgan fingerprint density at radius 3 is 2.88 bits per heavy atom. The number of carbonyl (C=O) groups excluding carboxylic acids is 1. The summed E-state index contributed by atoms with van der Waals surface area (Å²) in [6, 6.07) is 0.285. The molecule has 0 bridgehead atoms. The lowest BCUT2D eigenvalue weighted by atomic mass is 9.78. The van der Waals surface area contributed by atoms with Crippen LogP contribution in [0.5, 0.6) is 0 Å². The predicted octanol–water partition coefficient (Wildman–Crippen LogP) is 1.75. The van der Waals surface area contributed by atoms with Gasteiger partial charge in [-0.15, -0.1) is 0 Å². The summed E-state index contributed by atoms with van der Waals surface area (Å²) in [4.78, 5) is 11.9. The quantitative estimate of drug-likeness (QED) is 0.840. The first-order chi connectivity index (χ1) is 8.18. The van der Waals surface area contributed by atoms with E-state index in [1.165, 1.54) is 25.5 Å². The third-order valence-electron chi connectivity index (χ3n) is 3.64. The topological polar surface area (TPSA) is 70.7 Å². The first-order valence-electron chi connectivity index (χ1n) is 6.35. The van der Waals surface area contributed by atoms with Crippen molar-refractivity contribution in [1.82, 2.24) is 20.7 Å². The van der Waals surface area contributed by atoms with Crippen molar-refractivity contribution in [3.8, 4) is 0 Å². The van der Waals surface area contributed by atoms with Crippen molar-refractivity contribution >= 4 is 5.91 Å². The highest BCUT2D eigenvalue weighted by Crippen LogP contribution is 2.30. The zero-order valence-electron chi connectivity index (χ0n) is 10.4. The van der Waals surface area contributed by atoms with Crippen LogP contribution >= 0.6 is 0 Å². The molecule has 0 spiro atoms. The number of carbonyl (C=O) groups is 1.